The predicted molar refractivity (Wildman–Crippen MR) is 250 cm³/mol. The number of amides is 2. The van der Waals surface area contributed by atoms with Gasteiger partial charge in [-0.25, -0.2) is 4.98 Å². The average molecular weight is 921 g/mol. The van der Waals surface area contributed by atoms with E-state index in [1.165, 1.54) is 4.90 Å². The van der Waals surface area contributed by atoms with Crippen LogP contribution in [0.2, 0.25) is 0 Å². The fraction of sp³-hybridized carbons (Fsp3) is 0.500. The van der Waals surface area contributed by atoms with Crippen LogP contribution in [0.4, 0.5) is 11.5 Å². The molecule has 0 radical (unpaired) electrons. The van der Waals surface area contributed by atoms with Gasteiger partial charge < -0.3 is 45.0 Å². The van der Waals surface area contributed by atoms with Gasteiger partial charge >= 0.3 is 0 Å². The number of aryl methyl sites for hydroxylation is 1. The van der Waals surface area contributed by atoms with Crippen LogP contribution in [0.5, 0.6) is 11.6 Å². The van der Waals surface area contributed by atoms with Crippen LogP contribution < -0.4 is 20.3 Å². The van der Waals surface area contributed by atoms with Crippen LogP contribution in [0, 0.1) is 18.8 Å². The minimum Gasteiger partial charge on any atom is -0.507 e. The second kappa shape index (κ2) is 20.1. The highest BCUT2D eigenvalue weighted by molar-refractivity contribution is 7.13. The maximum atomic E-state index is 14.2. The molecule has 0 spiro atoms. The van der Waals surface area contributed by atoms with Crippen molar-refractivity contribution in [2.45, 2.75) is 70.2 Å². The lowest BCUT2D eigenvalue weighted by Crippen LogP contribution is -2.58. The van der Waals surface area contributed by atoms with Crippen LogP contribution in [0.3, 0.4) is 0 Å². The van der Waals surface area contributed by atoms with Crippen LogP contribution in [0.25, 0.3) is 21.7 Å². The number of phenolic OH excluding ortho intramolecular Hbond substituents is 1. The van der Waals surface area contributed by atoms with Crippen LogP contribution in [-0.2, 0) is 9.59 Å². The van der Waals surface area contributed by atoms with Gasteiger partial charge in [0.05, 0.1) is 52.3 Å². The number of aromatic hydroxyl groups is 1. The Kier molecular flexibility index (Phi) is 13.8. The van der Waals surface area contributed by atoms with Crippen molar-refractivity contribution in [2.75, 3.05) is 82.3 Å². The SMILES string of the molecule is Cc1ncsc1-c1ccc([C@H](CO)NC(=O)[C@@H]2C[C@@H](O)CN2C(=O)C(c2cc(OCCN3CCC(CN4CCN5c6cc(-c7ccccc7O)nnc6NC[C@H]5C4)CC3)no2)C(C)C)cc1. The number of benzene rings is 2. The summed E-state index contributed by atoms with van der Waals surface area (Å²) >= 11 is 1.55. The number of carbonyl (C=O) groups is 2. The van der Waals surface area contributed by atoms with Gasteiger partial charge in [-0.1, -0.05) is 50.2 Å². The second-order valence-corrected chi connectivity index (χ2v) is 19.3. The highest BCUT2D eigenvalue weighted by Gasteiger charge is 2.44. The molecule has 2 amide bonds. The molecule has 350 valence electrons. The summed E-state index contributed by atoms with van der Waals surface area (Å²) in [5.74, 6) is 0.513. The van der Waals surface area contributed by atoms with Gasteiger partial charge in [0, 0.05) is 63.9 Å². The molecule has 0 saturated carbocycles. The number of ether oxygens (including phenoxy) is 1. The number of fused-ring (bicyclic) bond motifs is 3. The van der Waals surface area contributed by atoms with E-state index in [2.05, 4.69) is 45.7 Å². The van der Waals surface area contributed by atoms with Crippen LogP contribution in [0.15, 0.2) is 70.7 Å². The largest absolute Gasteiger partial charge is 0.507 e. The molecule has 17 nitrogen and oxygen atoms in total. The quantitative estimate of drug-likeness (QED) is 0.0979. The smallest absolute Gasteiger partial charge is 0.254 e. The van der Waals surface area contributed by atoms with Gasteiger partial charge in [0.15, 0.2) is 11.6 Å². The fourth-order valence-electron chi connectivity index (χ4n) is 10.0. The summed E-state index contributed by atoms with van der Waals surface area (Å²) in [6.45, 7) is 13.3. The lowest BCUT2D eigenvalue weighted by atomic mass is 9.91. The molecule has 5 atom stereocenters. The Balaban J connectivity index is 0.731. The summed E-state index contributed by atoms with van der Waals surface area (Å²) in [5.41, 5.74) is 6.85. The second-order valence-electron chi connectivity index (χ2n) is 18.4. The first-order chi connectivity index (χ1) is 32.0. The Bertz CT molecular complexity index is 2460. The van der Waals surface area contributed by atoms with Crippen molar-refractivity contribution in [3.8, 4) is 33.3 Å². The molecule has 18 heteroatoms. The Morgan fingerprint density at radius 2 is 1.82 bits per heavy atom. The maximum absolute atomic E-state index is 14.2. The van der Waals surface area contributed by atoms with Gasteiger partial charge in [0.25, 0.3) is 5.88 Å². The number of piperidine rings is 1. The normalized spacial score (nSPS) is 21.3. The number of nitrogens with zero attached hydrogens (tertiary/aromatic N) is 8. The highest BCUT2D eigenvalue weighted by Crippen LogP contribution is 2.37. The van der Waals surface area contributed by atoms with E-state index in [0.29, 0.717) is 41.5 Å². The molecule has 0 bridgehead atoms. The van der Waals surface area contributed by atoms with Crippen molar-refractivity contribution in [1.82, 2.24) is 40.4 Å². The Morgan fingerprint density at radius 3 is 2.56 bits per heavy atom. The number of phenols is 1. The lowest BCUT2D eigenvalue weighted by Gasteiger charge is -2.47. The van der Waals surface area contributed by atoms with E-state index in [4.69, 9.17) is 9.26 Å². The van der Waals surface area contributed by atoms with E-state index < -0.39 is 30.0 Å². The molecule has 4 aliphatic rings. The molecule has 5 aromatic rings. The Hall–Kier alpha value is -5.66. The summed E-state index contributed by atoms with van der Waals surface area (Å²) < 4.78 is 11.8. The lowest BCUT2D eigenvalue weighted by molar-refractivity contribution is -0.141. The third-order valence-electron chi connectivity index (χ3n) is 13.6. The molecule has 3 aromatic heterocycles. The van der Waals surface area contributed by atoms with Gasteiger partial charge in [-0.3, -0.25) is 19.4 Å². The molecule has 0 aliphatic carbocycles. The van der Waals surface area contributed by atoms with Gasteiger partial charge in [0.1, 0.15) is 24.3 Å². The molecule has 2 aromatic carbocycles. The fourth-order valence-corrected chi connectivity index (χ4v) is 10.8. The Morgan fingerprint density at radius 1 is 1.02 bits per heavy atom. The zero-order chi connectivity index (χ0) is 45.9. The van der Waals surface area contributed by atoms with E-state index in [1.54, 1.807) is 35.0 Å². The van der Waals surface area contributed by atoms with Crippen molar-refractivity contribution in [3.05, 3.63) is 83.2 Å². The molecule has 3 saturated heterocycles. The molecular formula is C48H60N10O7S. The first-order valence-electron chi connectivity index (χ1n) is 23.1. The van der Waals surface area contributed by atoms with Gasteiger partial charge in [-0.05, 0) is 79.2 Å². The van der Waals surface area contributed by atoms with Crippen LogP contribution >= 0.6 is 11.3 Å². The van der Waals surface area contributed by atoms with E-state index >= 15 is 0 Å². The molecule has 7 heterocycles. The number of piperazine rings is 1. The van der Waals surface area contributed by atoms with Crippen LogP contribution in [-0.4, -0.2) is 152 Å². The minimum atomic E-state index is -0.926. The number of rotatable bonds is 15. The summed E-state index contributed by atoms with van der Waals surface area (Å²) in [6, 6.07) is 17.3. The number of aliphatic hydroxyl groups is 2. The van der Waals surface area contributed by atoms with Crippen molar-refractivity contribution in [2.24, 2.45) is 11.8 Å². The molecular weight excluding hydrogens is 861 g/mol. The van der Waals surface area contributed by atoms with E-state index in [-0.39, 0.29) is 37.1 Å². The van der Waals surface area contributed by atoms with Crippen molar-refractivity contribution < 1.29 is 34.2 Å². The average Bonchev–Trinajstić information content (AvgIpc) is 4.08. The standard InChI is InChI=1S/C48H60N10O7S/c1-29(2)44(48(63)58-26-35(60)20-40(58)47(62)51-38(27-59)32-8-10-33(11-9-32)45-30(3)50-28-66-45)42-22-43(54-65-42)64-19-18-55-14-12-31(13-15-55)24-56-16-17-57-34(25-56)23-49-46-39(57)21-37(52-53-46)36-6-4-5-7-41(36)61/h4-11,21-22,28-29,31,34-35,38,40,44,59-61H,12-20,23-27H2,1-3H3,(H,49,53)(H,51,62)/t34-,35+,38-,40-,44?/m0/s1. The molecule has 1 unspecified atom stereocenters. The first kappa shape index (κ1) is 45.5. The third-order valence-corrected chi connectivity index (χ3v) is 14.6. The minimum absolute atomic E-state index is 0.00424. The molecule has 66 heavy (non-hydrogen) atoms. The molecule has 3 fully saturated rings. The van der Waals surface area contributed by atoms with Crippen molar-refractivity contribution in [1.29, 1.82) is 0 Å². The molecule has 4 aliphatic heterocycles. The zero-order valence-electron chi connectivity index (χ0n) is 37.8. The topological polar surface area (TPSA) is 206 Å². The number of aliphatic hydroxyl groups excluding tert-OH is 2. The highest BCUT2D eigenvalue weighted by atomic mass is 32.1. The van der Waals surface area contributed by atoms with Gasteiger partial charge in [-0.15, -0.1) is 21.5 Å². The number of carbonyl (C=O) groups excluding carboxylic acids is 2. The molecule has 5 N–H and O–H groups in total. The number of hydrogen-bond donors (Lipinski definition) is 5. The van der Waals surface area contributed by atoms with Gasteiger partial charge in [0.2, 0.25) is 11.8 Å². The van der Waals surface area contributed by atoms with E-state index in [0.717, 1.165) is 98.4 Å². The third kappa shape index (κ3) is 9.88. The number of likely N-dealkylation sites (tertiary alicyclic amines) is 2. The first-order valence-corrected chi connectivity index (χ1v) is 24.0. The number of hydrogen-bond acceptors (Lipinski definition) is 16. The summed E-state index contributed by atoms with van der Waals surface area (Å²) in [6.07, 6.45) is 1.43. The number of thiazole rings is 1. The van der Waals surface area contributed by atoms with Gasteiger partial charge in [-0.2, -0.15) is 0 Å². The number of aromatic nitrogens is 4. The van der Waals surface area contributed by atoms with Crippen molar-refractivity contribution >= 4 is 34.7 Å². The maximum Gasteiger partial charge on any atom is 0.254 e. The summed E-state index contributed by atoms with van der Waals surface area (Å²) in [7, 11) is 0. The predicted octanol–water partition coefficient (Wildman–Crippen LogP) is 4.53. The summed E-state index contributed by atoms with van der Waals surface area (Å²) in [4.78, 5) is 42.3. The van der Waals surface area contributed by atoms with Crippen LogP contribution in [0.1, 0.15) is 62.1 Å². The molecule has 9 rings (SSSR count). The monoisotopic (exact) mass is 920 g/mol. The van der Waals surface area contributed by atoms with E-state index in [1.807, 2.05) is 63.2 Å². The zero-order valence-corrected chi connectivity index (χ0v) is 38.6. The van der Waals surface area contributed by atoms with Crippen molar-refractivity contribution in [3.63, 3.8) is 0 Å². The number of anilines is 2. The summed E-state index contributed by atoms with van der Waals surface area (Å²) in [5, 5.41) is 50.8. The number of para-hydroxylation sites is 1. The Labute approximate surface area is 388 Å². The number of β-amino-alcohol motifs (C(OH)–C–C–N with tert-alkyl or cyclic N) is 1. The van der Waals surface area contributed by atoms with E-state index in [9.17, 15) is 24.9 Å². The number of nitrogens with one attached hydrogen (secondary N) is 2.